The first-order valence-electron chi connectivity index (χ1n) is 7.71. The van der Waals surface area contributed by atoms with Gasteiger partial charge in [-0.05, 0) is 25.0 Å². The molecule has 0 unspecified atom stereocenters. The van der Waals surface area contributed by atoms with Gasteiger partial charge < -0.3 is 10.7 Å². The lowest BCUT2D eigenvalue weighted by molar-refractivity contribution is -0.127. The minimum absolute atomic E-state index is 0.0969. The molecule has 1 aromatic carbocycles. The first-order valence-corrected chi connectivity index (χ1v) is 8.70. The number of benzene rings is 1. The van der Waals surface area contributed by atoms with Crippen molar-refractivity contribution >= 4 is 34.3 Å². The normalized spacial score (nSPS) is 14.8. The monoisotopic (exact) mass is 344 g/mol. The first-order chi connectivity index (χ1) is 11.7. The number of amides is 1. The molecule has 124 valence electrons. The summed E-state index contributed by atoms with van der Waals surface area (Å²) in [7, 11) is 0. The number of likely N-dealkylation sites (tertiary alicyclic amines) is 1. The molecule has 2 aromatic heterocycles. The van der Waals surface area contributed by atoms with Gasteiger partial charge in [0.1, 0.15) is 0 Å². The summed E-state index contributed by atoms with van der Waals surface area (Å²) in [5.41, 5.74) is 0.357. The largest absolute Gasteiger partial charge is 0.342 e. The van der Waals surface area contributed by atoms with Crippen molar-refractivity contribution in [2.75, 3.05) is 24.7 Å². The third kappa shape index (κ3) is 2.32. The molecule has 0 atom stereocenters. The Bertz CT molecular complexity index is 989. The molecule has 1 fully saturated rings. The molecule has 0 spiro atoms. The lowest BCUT2D eigenvalue weighted by atomic mass is 10.2. The summed E-state index contributed by atoms with van der Waals surface area (Å²) in [6.07, 6.45) is 2.13. The van der Waals surface area contributed by atoms with Crippen molar-refractivity contribution in [3.8, 4) is 0 Å². The number of carbonyl (C=O) groups is 1. The van der Waals surface area contributed by atoms with Crippen LogP contribution in [0.1, 0.15) is 12.8 Å². The van der Waals surface area contributed by atoms with Crippen molar-refractivity contribution in [1.29, 1.82) is 0 Å². The Balaban J connectivity index is 1.74. The predicted octanol–water partition coefficient (Wildman–Crippen LogP) is 0.472. The van der Waals surface area contributed by atoms with Crippen molar-refractivity contribution in [3.05, 3.63) is 34.6 Å². The van der Waals surface area contributed by atoms with Gasteiger partial charge in [0.15, 0.2) is 5.16 Å². The Morgan fingerprint density at radius 3 is 2.75 bits per heavy atom. The SMILES string of the molecule is Nn1c(=O)c2ccccc2n2c(SCC(=O)N3CCCC3)nnc12. The fraction of sp³-hybridized carbons (Fsp3) is 0.333. The van der Waals surface area contributed by atoms with Gasteiger partial charge in [0.2, 0.25) is 5.91 Å². The molecule has 0 aliphatic carbocycles. The van der Waals surface area contributed by atoms with Crippen molar-refractivity contribution in [2.45, 2.75) is 18.0 Å². The van der Waals surface area contributed by atoms with E-state index in [9.17, 15) is 9.59 Å². The second-order valence-corrected chi connectivity index (χ2v) is 6.63. The summed E-state index contributed by atoms with van der Waals surface area (Å²) < 4.78 is 2.71. The number of nitrogens with two attached hydrogens (primary N) is 1. The average Bonchev–Trinajstić information content (AvgIpc) is 3.27. The highest BCUT2D eigenvalue weighted by Gasteiger charge is 2.20. The lowest BCUT2D eigenvalue weighted by Gasteiger charge is -2.14. The molecule has 1 amide bonds. The van der Waals surface area contributed by atoms with E-state index in [0.717, 1.165) is 30.6 Å². The lowest BCUT2D eigenvalue weighted by Crippen LogP contribution is -2.30. The van der Waals surface area contributed by atoms with Crippen LogP contribution in [0.25, 0.3) is 16.7 Å². The molecule has 9 heteroatoms. The van der Waals surface area contributed by atoms with Gasteiger partial charge in [-0.25, -0.2) is 0 Å². The van der Waals surface area contributed by atoms with Crippen LogP contribution in [0, 0.1) is 0 Å². The molecular formula is C15H16N6O2S. The van der Waals surface area contributed by atoms with Crippen LogP contribution in [0.3, 0.4) is 0 Å². The summed E-state index contributed by atoms with van der Waals surface area (Å²) in [4.78, 5) is 26.4. The maximum atomic E-state index is 12.3. The maximum absolute atomic E-state index is 12.3. The smallest absolute Gasteiger partial charge is 0.281 e. The molecule has 0 radical (unpaired) electrons. The minimum atomic E-state index is -0.324. The van der Waals surface area contributed by atoms with E-state index in [4.69, 9.17) is 5.84 Å². The molecule has 1 saturated heterocycles. The highest BCUT2D eigenvalue weighted by molar-refractivity contribution is 7.99. The molecule has 1 aliphatic rings. The number of nitrogens with zero attached hydrogens (tertiary/aromatic N) is 5. The number of carbonyl (C=O) groups excluding carboxylic acids is 1. The van der Waals surface area contributed by atoms with E-state index in [1.165, 1.54) is 11.8 Å². The molecule has 8 nitrogen and oxygen atoms in total. The Morgan fingerprint density at radius 2 is 1.96 bits per heavy atom. The Labute approximate surface area is 141 Å². The Kier molecular flexibility index (Phi) is 3.64. The Hall–Kier alpha value is -2.55. The molecule has 0 saturated carbocycles. The topological polar surface area (TPSA) is 98.5 Å². The quantitative estimate of drug-likeness (QED) is 0.548. The van der Waals surface area contributed by atoms with Crippen LogP contribution in [0.4, 0.5) is 0 Å². The third-order valence-electron chi connectivity index (χ3n) is 4.21. The van der Waals surface area contributed by atoms with Gasteiger partial charge in [0, 0.05) is 13.1 Å². The van der Waals surface area contributed by atoms with Crippen LogP contribution < -0.4 is 11.4 Å². The van der Waals surface area contributed by atoms with Crippen LogP contribution in [0.5, 0.6) is 0 Å². The number of hydrogen-bond acceptors (Lipinski definition) is 6. The van der Waals surface area contributed by atoms with E-state index in [1.807, 2.05) is 17.0 Å². The number of aromatic nitrogens is 4. The summed E-state index contributed by atoms with van der Waals surface area (Å²) in [6, 6.07) is 7.15. The van der Waals surface area contributed by atoms with Crippen LogP contribution in [-0.2, 0) is 4.79 Å². The van der Waals surface area contributed by atoms with Gasteiger partial charge in [0.05, 0.1) is 16.7 Å². The molecule has 0 bridgehead atoms. The summed E-state index contributed by atoms with van der Waals surface area (Å²) >= 11 is 1.31. The number of rotatable bonds is 3. The predicted molar refractivity (Wildman–Crippen MR) is 91.4 cm³/mol. The number of para-hydroxylation sites is 1. The van der Waals surface area contributed by atoms with Gasteiger partial charge >= 0.3 is 0 Å². The summed E-state index contributed by atoms with van der Waals surface area (Å²) in [5, 5.41) is 9.16. The van der Waals surface area contributed by atoms with Crippen LogP contribution in [-0.4, -0.2) is 48.9 Å². The zero-order valence-electron chi connectivity index (χ0n) is 12.9. The summed E-state index contributed by atoms with van der Waals surface area (Å²) in [5.74, 6) is 6.50. The number of hydrogen-bond donors (Lipinski definition) is 1. The van der Waals surface area contributed by atoms with Gasteiger partial charge in [-0.1, -0.05) is 23.9 Å². The van der Waals surface area contributed by atoms with Crippen molar-refractivity contribution in [3.63, 3.8) is 0 Å². The van der Waals surface area contributed by atoms with Crippen molar-refractivity contribution in [1.82, 2.24) is 24.2 Å². The summed E-state index contributed by atoms with van der Waals surface area (Å²) in [6.45, 7) is 1.65. The number of thioether (sulfide) groups is 1. The molecule has 3 heterocycles. The van der Waals surface area contributed by atoms with Crippen LogP contribution in [0.2, 0.25) is 0 Å². The highest BCUT2D eigenvalue weighted by Crippen LogP contribution is 2.21. The molecule has 1 aliphatic heterocycles. The number of fused-ring (bicyclic) bond motifs is 3. The van der Waals surface area contributed by atoms with E-state index in [-0.39, 0.29) is 17.2 Å². The molecule has 3 aromatic rings. The van der Waals surface area contributed by atoms with E-state index in [2.05, 4.69) is 10.2 Å². The average molecular weight is 344 g/mol. The fourth-order valence-electron chi connectivity index (χ4n) is 2.98. The van der Waals surface area contributed by atoms with E-state index in [1.54, 1.807) is 16.5 Å². The molecular weight excluding hydrogens is 328 g/mol. The fourth-order valence-corrected chi connectivity index (χ4v) is 3.82. The van der Waals surface area contributed by atoms with E-state index in [0.29, 0.717) is 21.8 Å². The van der Waals surface area contributed by atoms with Crippen molar-refractivity contribution < 1.29 is 4.79 Å². The number of nitrogen functional groups attached to an aromatic ring is 1. The van der Waals surface area contributed by atoms with E-state index < -0.39 is 0 Å². The van der Waals surface area contributed by atoms with Crippen molar-refractivity contribution in [2.24, 2.45) is 0 Å². The van der Waals surface area contributed by atoms with Gasteiger partial charge in [0.25, 0.3) is 11.3 Å². The second kappa shape index (κ2) is 5.82. The van der Waals surface area contributed by atoms with Crippen LogP contribution in [0.15, 0.2) is 34.2 Å². The van der Waals surface area contributed by atoms with Gasteiger partial charge in [-0.15, -0.1) is 10.2 Å². The zero-order valence-corrected chi connectivity index (χ0v) is 13.7. The standard InChI is InChI=1S/C15H16N6O2S/c16-21-13(23)10-5-1-2-6-11(10)20-14(21)17-18-15(20)24-9-12(22)19-7-3-4-8-19/h1-2,5-6H,3-4,7-9,16H2. The third-order valence-corrected chi connectivity index (χ3v) is 5.12. The maximum Gasteiger partial charge on any atom is 0.281 e. The zero-order chi connectivity index (χ0) is 16.7. The first kappa shape index (κ1) is 15.0. The van der Waals surface area contributed by atoms with Crippen LogP contribution >= 0.6 is 11.8 Å². The molecule has 4 rings (SSSR count). The minimum Gasteiger partial charge on any atom is -0.342 e. The Morgan fingerprint density at radius 1 is 1.21 bits per heavy atom. The van der Waals surface area contributed by atoms with E-state index >= 15 is 0 Å². The highest BCUT2D eigenvalue weighted by atomic mass is 32.2. The van der Waals surface area contributed by atoms with Gasteiger partial charge in [-0.3, -0.25) is 14.0 Å². The second-order valence-electron chi connectivity index (χ2n) is 5.69. The molecule has 24 heavy (non-hydrogen) atoms. The molecule has 2 N–H and O–H groups in total. The van der Waals surface area contributed by atoms with Gasteiger partial charge in [-0.2, -0.15) is 4.68 Å².